The second kappa shape index (κ2) is 5.98. The van der Waals surface area contributed by atoms with Gasteiger partial charge in [-0.05, 0) is 18.6 Å². The number of nitrogens with zero attached hydrogens (tertiary/aromatic N) is 2. The topological polar surface area (TPSA) is 46.0 Å². The Bertz CT molecular complexity index is 263. The van der Waals surface area contributed by atoms with Crippen LogP contribution in [0.2, 0.25) is 0 Å². The number of rotatable bonds is 5. The van der Waals surface area contributed by atoms with Gasteiger partial charge >= 0.3 is 0 Å². The molecular formula is C10H16N2OS. The van der Waals surface area contributed by atoms with Crippen LogP contribution >= 0.6 is 11.8 Å². The third kappa shape index (κ3) is 4.07. The number of thioether (sulfide) groups is 1. The fourth-order valence-corrected chi connectivity index (χ4v) is 1.90. The molecule has 1 rings (SSSR count). The predicted molar refractivity (Wildman–Crippen MR) is 59.2 cm³/mol. The zero-order chi connectivity index (χ0) is 10.4. The number of aliphatic hydroxyl groups is 1. The summed E-state index contributed by atoms with van der Waals surface area (Å²) in [6.45, 7) is 4.22. The first-order valence-corrected chi connectivity index (χ1v) is 5.84. The van der Waals surface area contributed by atoms with Gasteiger partial charge in [-0.1, -0.05) is 6.92 Å². The number of aryl methyl sites for hydroxylation is 1. The van der Waals surface area contributed by atoms with Crippen LogP contribution in [0.3, 0.4) is 0 Å². The van der Waals surface area contributed by atoms with Crippen molar-refractivity contribution in [3.8, 4) is 0 Å². The third-order valence-electron chi connectivity index (χ3n) is 1.80. The van der Waals surface area contributed by atoms with E-state index in [0.717, 1.165) is 22.9 Å². The molecule has 14 heavy (non-hydrogen) atoms. The van der Waals surface area contributed by atoms with E-state index in [-0.39, 0.29) is 6.61 Å². The second-order valence-electron chi connectivity index (χ2n) is 3.45. The summed E-state index contributed by atoms with van der Waals surface area (Å²) in [6.07, 6.45) is 3.59. The largest absolute Gasteiger partial charge is 0.396 e. The fourth-order valence-electron chi connectivity index (χ4n) is 0.911. The first kappa shape index (κ1) is 11.5. The molecule has 0 aliphatic carbocycles. The van der Waals surface area contributed by atoms with Gasteiger partial charge in [0.1, 0.15) is 0 Å². The number of hydrogen-bond acceptors (Lipinski definition) is 4. The lowest BCUT2D eigenvalue weighted by Crippen LogP contribution is -2.03. The average Bonchev–Trinajstić information content (AvgIpc) is 2.21. The van der Waals surface area contributed by atoms with E-state index in [9.17, 15) is 0 Å². The van der Waals surface area contributed by atoms with Gasteiger partial charge in [0, 0.05) is 24.8 Å². The Morgan fingerprint density at radius 2 is 2.21 bits per heavy atom. The maximum Gasteiger partial charge on any atom is 0.0685 e. The maximum absolute atomic E-state index is 8.83. The van der Waals surface area contributed by atoms with E-state index in [4.69, 9.17) is 5.11 Å². The molecule has 0 unspecified atom stereocenters. The standard InChI is InChI=1S/C10H16N2OS/c1-8(5-13)6-14-7-10-4-11-9(2)3-12-10/h3-4,8,13H,5-7H2,1-2H3/t8-/m0/s1. The van der Waals surface area contributed by atoms with Crippen LogP contribution in [-0.2, 0) is 5.75 Å². The highest BCUT2D eigenvalue weighted by molar-refractivity contribution is 7.98. The Hall–Kier alpha value is -0.610. The summed E-state index contributed by atoms with van der Waals surface area (Å²) in [6, 6.07) is 0. The lowest BCUT2D eigenvalue weighted by Gasteiger charge is -2.06. The van der Waals surface area contributed by atoms with Crippen molar-refractivity contribution in [3.63, 3.8) is 0 Å². The van der Waals surface area contributed by atoms with Crippen LogP contribution in [0.15, 0.2) is 12.4 Å². The van der Waals surface area contributed by atoms with E-state index in [1.54, 1.807) is 18.0 Å². The van der Waals surface area contributed by atoms with Crippen molar-refractivity contribution < 1.29 is 5.11 Å². The first-order chi connectivity index (χ1) is 6.72. The molecule has 1 N–H and O–H groups in total. The first-order valence-electron chi connectivity index (χ1n) is 4.68. The molecule has 4 heteroatoms. The van der Waals surface area contributed by atoms with Gasteiger partial charge in [-0.25, -0.2) is 0 Å². The SMILES string of the molecule is Cc1cnc(CSC[C@@H](C)CO)cn1. The maximum atomic E-state index is 8.83. The highest BCUT2D eigenvalue weighted by Gasteiger charge is 2.01. The molecule has 0 saturated heterocycles. The van der Waals surface area contributed by atoms with E-state index in [1.807, 2.05) is 20.0 Å². The van der Waals surface area contributed by atoms with Crippen LogP contribution in [0.1, 0.15) is 18.3 Å². The molecule has 0 saturated carbocycles. The fraction of sp³-hybridized carbons (Fsp3) is 0.600. The molecule has 0 radical (unpaired) electrons. The van der Waals surface area contributed by atoms with Crippen molar-refractivity contribution >= 4 is 11.8 Å². The van der Waals surface area contributed by atoms with Crippen LogP contribution in [0.25, 0.3) is 0 Å². The minimum Gasteiger partial charge on any atom is -0.396 e. The summed E-state index contributed by atoms with van der Waals surface area (Å²) in [4.78, 5) is 8.43. The average molecular weight is 212 g/mol. The molecule has 0 amide bonds. The zero-order valence-corrected chi connectivity index (χ0v) is 9.42. The molecule has 0 fully saturated rings. The number of aliphatic hydroxyl groups excluding tert-OH is 1. The Labute approximate surface area is 89.0 Å². The molecule has 1 atom stereocenters. The highest BCUT2D eigenvalue weighted by Crippen LogP contribution is 2.13. The van der Waals surface area contributed by atoms with Crippen molar-refractivity contribution in [3.05, 3.63) is 23.8 Å². The molecule has 0 aliphatic heterocycles. The Morgan fingerprint density at radius 3 is 2.79 bits per heavy atom. The molecule has 1 aromatic rings. The lowest BCUT2D eigenvalue weighted by atomic mass is 10.2. The van der Waals surface area contributed by atoms with Gasteiger partial charge in [-0.15, -0.1) is 0 Å². The highest BCUT2D eigenvalue weighted by atomic mass is 32.2. The van der Waals surface area contributed by atoms with Crippen LogP contribution in [0.5, 0.6) is 0 Å². The van der Waals surface area contributed by atoms with Gasteiger partial charge in [0.25, 0.3) is 0 Å². The van der Waals surface area contributed by atoms with Gasteiger partial charge in [0.2, 0.25) is 0 Å². The predicted octanol–water partition coefficient (Wildman–Crippen LogP) is 1.65. The molecule has 1 heterocycles. The summed E-state index contributed by atoms with van der Waals surface area (Å²) >= 11 is 1.78. The number of aromatic nitrogens is 2. The van der Waals surface area contributed by atoms with Crippen molar-refractivity contribution in [2.45, 2.75) is 19.6 Å². The smallest absolute Gasteiger partial charge is 0.0685 e. The van der Waals surface area contributed by atoms with Gasteiger partial charge in [-0.2, -0.15) is 11.8 Å². The monoisotopic (exact) mass is 212 g/mol. The van der Waals surface area contributed by atoms with Gasteiger partial charge in [-0.3, -0.25) is 9.97 Å². The van der Waals surface area contributed by atoms with Crippen LogP contribution < -0.4 is 0 Å². The van der Waals surface area contributed by atoms with Crippen molar-refractivity contribution in [2.24, 2.45) is 5.92 Å². The second-order valence-corrected chi connectivity index (χ2v) is 4.48. The van der Waals surface area contributed by atoms with Crippen molar-refractivity contribution in [2.75, 3.05) is 12.4 Å². The minimum absolute atomic E-state index is 0.257. The zero-order valence-electron chi connectivity index (χ0n) is 8.60. The minimum atomic E-state index is 0.257. The van der Waals surface area contributed by atoms with Gasteiger partial charge in [0.15, 0.2) is 0 Å². The molecule has 3 nitrogen and oxygen atoms in total. The van der Waals surface area contributed by atoms with Crippen molar-refractivity contribution in [1.82, 2.24) is 9.97 Å². The summed E-state index contributed by atoms with van der Waals surface area (Å²) in [5, 5.41) is 8.83. The van der Waals surface area contributed by atoms with E-state index >= 15 is 0 Å². The Morgan fingerprint density at radius 1 is 1.43 bits per heavy atom. The van der Waals surface area contributed by atoms with E-state index in [0.29, 0.717) is 5.92 Å². The van der Waals surface area contributed by atoms with Crippen LogP contribution in [0, 0.1) is 12.8 Å². The van der Waals surface area contributed by atoms with Crippen LogP contribution in [0.4, 0.5) is 0 Å². The molecule has 1 aromatic heterocycles. The molecule has 0 spiro atoms. The normalized spacial score (nSPS) is 12.8. The molecule has 0 bridgehead atoms. The number of hydrogen-bond donors (Lipinski definition) is 1. The van der Waals surface area contributed by atoms with Crippen LogP contribution in [-0.4, -0.2) is 27.4 Å². The molecular weight excluding hydrogens is 196 g/mol. The van der Waals surface area contributed by atoms with E-state index in [2.05, 4.69) is 9.97 Å². The van der Waals surface area contributed by atoms with Gasteiger partial charge < -0.3 is 5.11 Å². The summed E-state index contributed by atoms with van der Waals surface area (Å²) in [5.74, 6) is 2.20. The lowest BCUT2D eigenvalue weighted by molar-refractivity contribution is 0.250. The van der Waals surface area contributed by atoms with Crippen molar-refractivity contribution in [1.29, 1.82) is 0 Å². The summed E-state index contributed by atoms with van der Waals surface area (Å²) < 4.78 is 0. The van der Waals surface area contributed by atoms with E-state index < -0.39 is 0 Å². The molecule has 78 valence electrons. The molecule has 0 aliphatic rings. The quantitative estimate of drug-likeness (QED) is 0.806. The Balaban J connectivity index is 2.28. The summed E-state index contributed by atoms with van der Waals surface area (Å²) in [7, 11) is 0. The third-order valence-corrected chi connectivity index (χ3v) is 3.10. The summed E-state index contributed by atoms with van der Waals surface area (Å²) in [5.41, 5.74) is 1.95. The molecule has 0 aromatic carbocycles. The van der Waals surface area contributed by atoms with Gasteiger partial charge in [0.05, 0.1) is 11.4 Å². The Kier molecular flexibility index (Phi) is 4.90. The van der Waals surface area contributed by atoms with E-state index in [1.165, 1.54) is 0 Å².